The zero-order valence-corrected chi connectivity index (χ0v) is 20.3. The molecule has 0 saturated carbocycles. The average Bonchev–Trinajstić information content (AvgIpc) is 2.84. The average molecular weight is 509 g/mol. The first-order valence-electron chi connectivity index (χ1n) is 10.5. The zero-order valence-electron chi connectivity index (χ0n) is 18.7. The number of amides is 1. The minimum absolute atomic E-state index is 0.0869. The maximum atomic E-state index is 12.8. The second-order valence-electron chi connectivity index (χ2n) is 7.83. The van der Waals surface area contributed by atoms with E-state index < -0.39 is 27.9 Å². The molecule has 2 aromatic rings. The van der Waals surface area contributed by atoms with Crippen LogP contribution >= 0.6 is 11.6 Å². The number of sulfonamides is 1. The van der Waals surface area contributed by atoms with Gasteiger partial charge in [-0.2, -0.15) is 0 Å². The van der Waals surface area contributed by atoms with E-state index in [0.717, 1.165) is 0 Å². The molecule has 1 heterocycles. The highest BCUT2D eigenvalue weighted by atomic mass is 35.5. The molecule has 0 aliphatic carbocycles. The van der Waals surface area contributed by atoms with Crippen LogP contribution in [0, 0.1) is 5.92 Å². The summed E-state index contributed by atoms with van der Waals surface area (Å²) in [5.41, 5.74) is 1.05. The van der Waals surface area contributed by atoms with E-state index >= 15 is 0 Å². The number of anilines is 1. The molecule has 3 rings (SSSR count). The second-order valence-corrected chi connectivity index (χ2v) is 10.2. The number of ether oxygens (including phenoxy) is 2. The van der Waals surface area contributed by atoms with E-state index in [4.69, 9.17) is 21.1 Å². The number of piperidine rings is 1. The van der Waals surface area contributed by atoms with Crippen molar-refractivity contribution < 1.29 is 32.3 Å². The van der Waals surface area contributed by atoms with Gasteiger partial charge in [-0.3, -0.25) is 4.79 Å². The smallest absolute Gasteiger partial charge is 0.337 e. The van der Waals surface area contributed by atoms with Gasteiger partial charge in [0.1, 0.15) is 0 Å². The number of methoxy groups -OCH3 is 2. The van der Waals surface area contributed by atoms with E-state index in [1.165, 1.54) is 36.7 Å². The first-order valence-corrected chi connectivity index (χ1v) is 12.5. The van der Waals surface area contributed by atoms with Crippen LogP contribution in [0.4, 0.5) is 5.69 Å². The fourth-order valence-corrected chi connectivity index (χ4v) is 5.38. The molecule has 1 aliphatic heterocycles. The summed E-state index contributed by atoms with van der Waals surface area (Å²) in [5, 5.41) is 3.25. The van der Waals surface area contributed by atoms with Crippen LogP contribution in [0.2, 0.25) is 5.02 Å². The molecule has 0 spiro atoms. The zero-order chi connectivity index (χ0) is 24.9. The predicted octanol–water partition coefficient (Wildman–Crippen LogP) is 3.09. The summed E-state index contributed by atoms with van der Waals surface area (Å²) < 4.78 is 36.3. The number of nitrogens with one attached hydrogen (secondary N) is 1. The quantitative estimate of drug-likeness (QED) is 0.571. The summed E-state index contributed by atoms with van der Waals surface area (Å²) in [4.78, 5) is 36.7. The molecule has 9 nitrogen and oxygen atoms in total. The summed E-state index contributed by atoms with van der Waals surface area (Å²) in [6.45, 7) is 0.424. The van der Waals surface area contributed by atoms with Crippen molar-refractivity contribution in [3.63, 3.8) is 0 Å². The first kappa shape index (κ1) is 25.7. The number of carbonyl (C=O) groups excluding carboxylic acids is 3. The van der Waals surface area contributed by atoms with E-state index in [0.29, 0.717) is 23.4 Å². The van der Waals surface area contributed by atoms with E-state index in [1.54, 1.807) is 24.3 Å². The standard InChI is InChI=1S/C23H25ClN2O7S/c1-32-22(28)17-11-18(23(29)33-2)13-20(12-17)25-21(27)16-7-9-26(10-8-16)34(30,31)14-15-3-5-19(24)6-4-15/h3-6,11-13,16H,7-10,14H2,1-2H3,(H,25,27). The number of carbonyl (C=O) groups is 3. The van der Waals surface area contributed by atoms with Gasteiger partial charge in [-0.1, -0.05) is 23.7 Å². The highest BCUT2D eigenvalue weighted by Crippen LogP contribution is 2.24. The summed E-state index contributed by atoms with van der Waals surface area (Å²) >= 11 is 5.85. The van der Waals surface area contributed by atoms with Crippen LogP contribution in [0.1, 0.15) is 39.1 Å². The summed E-state index contributed by atoms with van der Waals surface area (Å²) in [6, 6.07) is 10.8. The van der Waals surface area contributed by atoms with Crippen LogP contribution < -0.4 is 5.32 Å². The molecule has 1 saturated heterocycles. The number of hydrogen-bond donors (Lipinski definition) is 1. The van der Waals surface area contributed by atoms with Gasteiger partial charge in [-0.25, -0.2) is 22.3 Å². The number of hydrogen-bond acceptors (Lipinski definition) is 7. The highest BCUT2D eigenvalue weighted by molar-refractivity contribution is 7.88. The fourth-order valence-electron chi connectivity index (χ4n) is 3.69. The Labute approximate surface area is 203 Å². The van der Waals surface area contributed by atoms with Crippen molar-refractivity contribution in [1.82, 2.24) is 4.31 Å². The normalized spacial score (nSPS) is 14.9. The van der Waals surface area contributed by atoms with Crippen molar-refractivity contribution in [3.8, 4) is 0 Å². The molecular formula is C23H25ClN2O7S. The molecule has 182 valence electrons. The van der Waals surface area contributed by atoms with Crippen LogP contribution in [0.3, 0.4) is 0 Å². The largest absolute Gasteiger partial charge is 0.465 e. The SMILES string of the molecule is COC(=O)c1cc(NC(=O)C2CCN(S(=O)(=O)Cc3ccc(Cl)cc3)CC2)cc(C(=O)OC)c1. The summed E-state index contributed by atoms with van der Waals surface area (Å²) in [7, 11) is -1.12. The Morgan fingerprint density at radius 3 is 2.00 bits per heavy atom. The van der Waals surface area contributed by atoms with Crippen molar-refractivity contribution in [2.24, 2.45) is 5.92 Å². The van der Waals surface area contributed by atoms with E-state index in [1.807, 2.05) is 0 Å². The van der Waals surface area contributed by atoms with Crippen LogP contribution in [-0.4, -0.2) is 57.9 Å². The van der Waals surface area contributed by atoms with E-state index in [9.17, 15) is 22.8 Å². The minimum atomic E-state index is -3.54. The number of nitrogens with zero attached hydrogens (tertiary/aromatic N) is 1. The number of halogens is 1. The third-order valence-corrected chi connectivity index (χ3v) is 7.63. The van der Waals surface area contributed by atoms with Gasteiger partial charge in [0.2, 0.25) is 15.9 Å². The molecule has 0 unspecified atom stereocenters. The molecule has 0 bridgehead atoms. The molecule has 1 N–H and O–H groups in total. The summed E-state index contributed by atoms with van der Waals surface area (Å²) in [5.74, 6) is -2.23. The Bertz CT molecular complexity index is 1140. The lowest BCUT2D eigenvalue weighted by Crippen LogP contribution is -2.41. The molecule has 11 heteroatoms. The lowest BCUT2D eigenvalue weighted by molar-refractivity contribution is -0.120. The van der Waals surface area contributed by atoms with Crippen molar-refractivity contribution >= 4 is 45.2 Å². The van der Waals surface area contributed by atoms with E-state index in [-0.39, 0.29) is 41.6 Å². The maximum Gasteiger partial charge on any atom is 0.337 e. The van der Waals surface area contributed by atoms with Crippen molar-refractivity contribution in [2.45, 2.75) is 18.6 Å². The third-order valence-electron chi connectivity index (χ3n) is 5.52. The van der Waals surface area contributed by atoms with Gasteiger partial charge < -0.3 is 14.8 Å². The topological polar surface area (TPSA) is 119 Å². The van der Waals surface area contributed by atoms with Crippen LogP contribution in [0.25, 0.3) is 0 Å². The van der Waals surface area contributed by atoms with Crippen LogP contribution in [0.15, 0.2) is 42.5 Å². The Kier molecular flexibility index (Phi) is 8.29. The Morgan fingerprint density at radius 2 is 1.50 bits per heavy atom. The molecule has 0 radical (unpaired) electrons. The van der Waals surface area contributed by atoms with Crippen LogP contribution in [0.5, 0.6) is 0 Å². The maximum absolute atomic E-state index is 12.8. The number of esters is 2. The lowest BCUT2D eigenvalue weighted by atomic mass is 9.97. The predicted molar refractivity (Wildman–Crippen MR) is 126 cm³/mol. The van der Waals surface area contributed by atoms with Gasteiger partial charge >= 0.3 is 11.9 Å². The molecule has 34 heavy (non-hydrogen) atoms. The van der Waals surface area contributed by atoms with Gasteiger partial charge in [0.25, 0.3) is 0 Å². The fraction of sp³-hybridized carbons (Fsp3) is 0.348. The molecule has 1 fully saturated rings. The molecule has 1 aliphatic rings. The number of benzene rings is 2. The monoisotopic (exact) mass is 508 g/mol. The van der Waals surface area contributed by atoms with Gasteiger partial charge in [0.05, 0.1) is 31.1 Å². The lowest BCUT2D eigenvalue weighted by Gasteiger charge is -2.30. The third kappa shape index (κ3) is 6.34. The summed E-state index contributed by atoms with van der Waals surface area (Å²) in [6.07, 6.45) is 0.679. The molecule has 0 atom stereocenters. The van der Waals surface area contributed by atoms with Gasteiger partial charge in [0, 0.05) is 29.7 Å². The van der Waals surface area contributed by atoms with Crippen molar-refractivity contribution in [1.29, 1.82) is 0 Å². The number of rotatable bonds is 7. The Hall–Kier alpha value is -2.95. The Balaban J connectivity index is 1.65. The molecule has 0 aromatic heterocycles. The minimum Gasteiger partial charge on any atom is -0.465 e. The Morgan fingerprint density at radius 1 is 0.971 bits per heavy atom. The van der Waals surface area contributed by atoms with E-state index in [2.05, 4.69) is 5.32 Å². The highest BCUT2D eigenvalue weighted by Gasteiger charge is 2.31. The first-order chi connectivity index (χ1) is 16.1. The van der Waals surface area contributed by atoms with Gasteiger partial charge in [-0.15, -0.1) is 0 Å². The van der Waals surface area contributed by atoms with Crippen LogP contribution in [-0.2, 0) is 30.0 Å². The molecule has 2 aromatic carbocycles. The van der Waals surface area contributed by atoms with Gasteiger partial charge in [0.15, 0.2) is 0 Å². The molecular weight excluding hydrogens is 484 g/mol. The second kappa shape index (κ2) is 11.0. The molecule has 1 amide bonds. The van der Waals surface area contributed by atoms with Crippen molar-refractivity contribution in [3.05, 3.63) is 64.2 Å². The van der Waals surface area contributed by atoms with Crippen molar-refractivity contribution in [2.75, 3.05) is 32.6 Å². The van der Waals surface area contributed by atoms with Gasteiger partial charge in [-0.05, 0) is 48.7 Å².